The van der Waals surface area contributed by atoms with Gasteiger partial charge in [0.25, 0.3) is 0 Å². The zero-order valence-corrected chi connectivity index (χ0v) is 7.55. The quantitative estimate of drug-likeness (QED) is 0.557. The SMILES string of the molecule is CC(C)CC1CCC2OC2C1. The van der Waals surface area contributed by atoms with Crippen LogP contribution in [0.25, 0.3) is 0 Å². The molecule has 0 amide bonds. The molecule has 1 aliphatic carbocycles. The number of hydrogen-bond acceptors (Lipinski definition) is 1. The summed E-state index contributed by atoms with van der Waals surface area (Å²) in [5.41, 5.74) is 0. The largest absolute Gasteiger partial charge is 0.370 e. The van der Waals surface area contributed by atoms with Gasteiger partial charge in [0.05, 0.1) is 12.2 Å². The van der Waals surface area contributed by atoms with E-state index in [2.05, 4.69) is 13.8 Å². The molecule has 1 saturated carbocycles. The number of rotatable bonds is 2. The molecule has 1 nitrogen and oxygen atoms in total. The number of hydrogen-bond donors (Lipinski definition) is 0. The van der Waals surface area contributed by atoms with E-state index in [1.165, 1.54) is 25.7 Å². The van der Waals surface area contributed by atoms with Crippen molar-refractivity contribution in [3.8, 4) is 0 Å². The Labute approximate surface area is 69.1 Å². The lowest BCUT2D eigenvalue weighted by Crippen LogP contribution is -2.14. The van der Waals surface area contributed by atoms with E-state index in [1.807, 2.05) is 0 Å². The molecular formula is C10H18O. The second kappa shape index (κ2) is 2.78. The van der Waals surface area contributed by atoms with Crippen LogP contribution in [0.5, 0.6) is 0 Å². The van der Waals surface area contributed by atoms with Crippen LogP contribution < -0.4 is 0 Å². The third kappa shape index (κ3) is 1.76. The van der Waals surface area contributed by atoms with Crippen LogP contribution in [-0.2, 0) is 4.74 Å². The van der Waals surface area contributed by atoms with Crippen LogP contribution in [0.15, 0.2) is 0 Å². The molecule has 0 aromatic heterocycles. The summed E-state index contributed by atoms with van der Waals surface area (Å²) in [6.45, 7) is 4.64. The third-order valence-electron chi connectivity index (χ3n) is 2.92. The van der Waals surface area contributed by atoms with Crippen molar-refractivity contribution >= 4 is 0 Å². The smallest absolute Gasteiger partial charge is 0.0844 e. The Bertz CT molecular complexity index is 140. The van der Waals surface area contributed by atoms with Gasteiger partial charge in [0, 0.05) is 0 Å². The van der Waals surface area contributed by atoms with Gasteiger partial charge in [-0.3, -0.25) is 0 Å². The maximum Gasteiger partial charge on any atom is 0.0844 e. The lowest BCUT2D eigenvalue weighted by atomic mass is 9.84. The van der Waals surface area contributed by atoms with Gasteiger partial charge in [0.15, 0.2) is 0 Å². The van der Waals surface area contributed by atoms with Gasteiger partial charge >= 0.3 is 0 Å². The van der Waals surface area contributed by atoms with Gasteiger partial charge in [-0.15, -0.1) is 0 Å². The van der Waals surface area contributed by atoms with Crippen LogP contribution in [0, 0.1) is 11.8 Å². The summed E-state index contributed by atoms with van der Waals surface area (Å²) in [6.07, 6.45) is 6.86. The van der Waals surface area contributed by atoms with E-state index in [9.17, 15) is 0 Å². The first-order chi connectivity index (χ1) is 5.25. The Morgan fingerprint density at radius 1 is 1.27 bits per heavy atom. The van der Waals surface area contributed by atoms with Crippen molar-refractivity contribution in [2.24, 2.45) is 11.8 Å². The van der Waals surface area contributed by atoms with Gasteiger partial charge in [0.2, 0.25) is 0 Å². The molecule has 2 aliphatic rings. The van der Waals surface area contributed by atoms with E-state index in [4.69, 9.17) is 4.74 Å². The van der Waals surface area contributed by atoms with E-state index in [0.717, 1.165) is 11.8 Å². The van der Waals surface area contributed by atoms with Crippen LogP contribution in [0.1, 0.15) is 39.5 Å². The first-order valence-corrected chi connectivity index (χ1v) is 4.91. The molecule has 3 unspecified atom stereocenters. The minimum atomic E-state index is 0.674. The predicted molar refractivity (Wildman–Crippen MR) is 45.5 cm³/mol. The van der Waals surface area contributed by atoms with Crippen molar-refractivity contribution in [3.63, 3.8) is 0 Å². The maximum absolute atomic E-state index is 5.49. The molecule has 2 rings (SSSR count). The average Bonchev–Trinajstić information content (AvgIpc) is 2.63. The van der Waals surface area contributed by atoms with Gasteiger partial charge in [-0.25, -0.2) is 0 Å². The van der Waals surface area contributed by atoms with Crippen molar-refractivity contribution in [3.05, 3.63) is 0 Å². The fourth-order valence-corrected chi connectivity index (χ4v) is 2.37. The normalized spacial score (nSPS) is 42.3. The first kappa shape index (κ1) is 7.60. The fourth-order valence-electron chi connectivity index (χ4n) is 2.37. The number of fused-ring (bicyclic) bond motifs is 1. The lowest BCUT2D eigenvalue weighted by Gasteiger charge is -2.20. The summed E-state index contributed by atoms with van der Waals surface area (Å²) in [7, 11) is 0. The minimum absolute atomic E-state index is 0.674. The lowest BCUT2D eigenvalue weighted by molar-refractivity contribution is 0.322. The van der Waals surface area contributed by atoms with Crippen LogP contribution in [-0.4, -0.2) is 12.2 Å². The highest BCUT2D eigenvalue weighted by atomic mass is 16.6. The van der Waals surface area contributed by atoms with E-state index >= 15 is 0 Å². The van der Waals surface area contributed by atoms with E-state index in [-0.39, 0.29) is 0 Å². The summed E-state index contributed by atoms with van der Waals surface area (Å²) in [5, 5.41) is 0. The summed E-state index contributed by atoms with van der Waals surface area (Å²) in [4.78, 5) is 0. The Morgan fingerprint density at radius 3 is 2.73 bits per heavy atom. The number of ether oxygens (including phenoxy) is 1. The van der Waals surface area contributed by atoms with Crippen LogP contribution in [0.4, 0.5) is 0 Å². The highest BCUT2D eigenvalue weighted by Gasteiger charge is 2.43. The molecule has 3 atom stereocenters. The molecule has 0 radical (unpaired) electrons. The standard InChI is InChI=1S/C10H18O/c1-7(2)5-8-3-4-9-10(6-8)11-9/h7-10H,3-6H2,1-2H3. The molecule has 1 heterocycles. The topological polar surface area (TPSA) is 12.5 Å². The summed E-state index contributed by atoms with van der Waals surface area (Å²) >= 11 is 0. The highest BCUT2D eigenvalue weighted by Crippen LogP contribution is 2.41. The van der Waals surface area contributed by atoms with E-state index < -0.39 is 0 Å². The molecule has 64 valence electrons. The molecular weight excluding hydrogens is 136 g/mol. The zero-order chi connectivity index (χ0) is 7.84. The van der Waals surface area contributed by atoms with Crippen LogP contribution >= 0.6 is 0 Å². The molecule has 2 fully saturated rings. The van der Waals surface area contributed by atoms with Gasteiger partial charge in [-0.05, 0) is 37.5 Å². The summed E-state index contributed by atoms with van der Waals surface area (Å²) in [6, 6.07) is 0. The predicted octanol–water partition coefficient (Wildman–Crippen LogP) is 2.60. The van der Waals surface area contributed by atoms with E-state index in [0.29, 0.717) is 12.2 Å². The first-order valence-electron chi connectivity index (χ1n) is 4.91. The van der Waals surface area contributed by atoms with Crippen molar-refractivity contribution < 1.29 is 4.74 Å². The van der Waals surface area contributed by atoms with Crippen molar-refractivity contribution in [1.29, 1.82) is 0 Å². The molecule has 1 saturated heterocycles. The zero-order valence-electron chi connectivity index (χ0n) is 7.55. The summed E-state index contributed by atoms with van der Waals surface area (Å²) < 4.78 is 5.49. The third-order valence-corrected chi connectivity index (χ3v) is 2.92. The minimum Gasteiger partial charge on any atom is -0.370 e. The fraction of sp³-hybridized carbons (Fsp3) is 1.00. The van der Waals surface area contributed by atoms with Gasteiger partial charge < -0.3 is 4.74 Å². The van der Waals surface area contributed by atoms with Gasteiger partial charge in [0.1, 0.15) is 0 Å². The van der Waals surface area contributed by atoms with Gasteiger partial charge in [-0.1, -0.05) is 13.8 Å². The average molecular weight is 154 g/mol. The van der Waals surface area contributed by atoms with Crippen molar-refractivity contribution in [2.45, 2.75) is 51.7 Å². The highest BCUT2D eigenvalue weighted by molar-refractivity contribution is 4.91. The van der Waals surface area contributed by atoms with Crippen molar-refractivity contribution in [2.75, 3.05) is 0 Å². The Kier molecular flexibility index (Phi) is 1.92. The van der Waals surface area contributed by atoms with Crippen molar-refractivity contribution in [1.82, 2.24) is 0 Å². The Hall–Kier alpha value is -0.0400. The molecule has 0 aromatic rings. The second-order valence-electron chi connectivity index (χ2n) is 4.52. The molecule has 1 heteroatoms. The number of epoxide rings is 1. The van der Waals surface area contributed by atoms with Gasteiger partial charge in [-0.2, -0.15) is 0 Å². The summed E-state index contributed by atoms with van der Waals surface area (Å²) in [5.74, 6) is 1.84. The van der Waals surface area contributed by atoms with Crippen LogP contribution in [0.2, 0.25) is 0 Å². The van der Waals surface area contributed by atoms with Crippen LogP contribution in [0.3, 0.4) is 0 Å². The molecule has 0 aromatic carbocycles. The molecule has 0 bridgehead atoms. The molecule has 0 N–H and O–H groups in total. The second-order valence-corrected chi connectivity index (χ2v) is 4.52. The monoisotopic (exact) mass is 154 g/mol. The Morgan fingerprint density at radius 2 is 2.09 bits per heavy atom. The molecule has 0 spiro atoms. The van der Waals surface area contributed by atoms with E-state index in [1.54, 1.807) is 0 Å². The maximum atomic E-state index is 5.49. The molecule has 11 heavy (non-hydrogen) atoms. The molecule has 1 aliphatic heterocycles. The Balaban J connectivity index is 1.76.